The second-order valence-corrected chi connectivity index (χ2v) is 5.41. The molecule has 2 heterocycles. The largest absolute Gasteiger partial charge is 0.361 e. The van der Waals surface area contributed by atoms with Gasteiger partial charge in [0.25, 0.3) is 0 Å². The van der Waals surface area contributed by atoms with E-state index in [1.807, 2.05) is 12.1 Å². The van der Waals surface area contributed by atoms with E-state index in [9.17, 15) is 8.42 Å². The van der Waals surface area contributed by atoms with Crippen LogP contribution < -0.4 is 0 Å². The van der Waals surface area contributed by atoms with Crippen molar-refractivity contribution in [3.05, 3.63) is 30.5 Å². The average Bonchev–Trinajstić information content (AvgIpc) is 2.73. The lowest BCUT2D eigenvalue weighted by molar-refractivity contribution is 0.485. The average molecular weight is 229 g/mol. The molecule has 0 amide bonds. The molecule has 0 bridgehead atoms. The number of aromatic amines is 1. The Hall–Kier alpha value is -1.11. The lowest BCUT2D eigenvalue weighted by Gasteiger charge is -1.90. The fourth-order valence-electron chi connectivity index (χ4n) is 1.09. The van der Waals surface area contributed by atoms with E-state index in [1.54, 1.807) is 12.3 Å². The molecule has 0 aliphatic rings. The van der Waals surface area contributed by atoms with Crippen molar-refractivity contribution < 1.29 is 13.0 Å². The summed E-state index contributed by atoms with van der Waals surface area (Å²) in [4.78, 5) is 3.73. The molecule has 2 N–H and O–H groups in total. The van der Waals surface area contributed by atoms with E-state index in [1.165, 1.54) is 6.07 Å². The Morgan fingerprint density at radius 2 is 2.07 bits per heavy atom. The summed E-state index contributed by atoms with van der Waals surface area (Å²) in [6, 6.07) is 6.69. The van der Waals surface area contributed by atoms with Crippen molar-refractivity contribution in [2.45, 2.75) is 4.21 Å². The normalized spacial score (nSPS) is 11.8. The van der Waals surface area contributed by atoms with Crippen LogP contribution in [0, 0.1) is 0 Å². The molecule has 2 aromatic rings. The zero-order valence-corrected chi connectivity index (χ0v) is 8.60. The van der Waals surface area contributed by atoms with Crippen LogP contribution >= 0.6 is 11.3 Å². The predicted octanol–water partition coefficient (Wildman–Crippen LogP) is 1.99. The highest BCUT2D eigenvalue weighted by atomic mass is 32.3. The van der Waals surface area contributed by atoms with Gasteiger partial charge in [-0.1, -0.05) is 0 Å². The first-order chi connectivity index (χ1) is 6.57. The zero-order valence-electron chi connectivity index (χ0n) is 6.97. The summed E-state index contributed by atoms with van der Waals surface area (Å²) in [7, 11) is -4.07. The summed E-state index contributed by atoms with van der Waals surface area (Å²) in [6.07, 6.45) is 1.75. The Kier molecular flexibility index (Phi) is 2.18. The van der Waals surface area contributed by atoms with Gasteiger partial charge in [0.05, 0.1) is 10.6 Å². The SMILES string of the molecule is O=S(=O)(O)c1ccc(-c2ccc[nH]2)s1. The van der Waals surface area contributed by atoms with Crippen LogP contribution in [0.1, 0.15) is 0 Å². The van der Waals surface area contributed by atoms with Gasteiger partial charge in [0.1, 0.15) is 4.21 Å². The molecule has 0 saturated heterocycles. The van der Waals surface area contributed by atoms with Crippen LogP contribution in [0.2, 0.25) is 0 Å². The molecule has 0 aliphatic carbocycles. The fraction of sp³-hybridized carbons (Fsp3) is 0. The highest BCUT2D eigenvalue weighted by Gasteiger charge is 2.13. The molecule has 0 radical (unpaired) electrons. The molecule has 14 heavy (non-hydrogen) atoms. The van der Waals surface area contributed by atoms with Gasteiger partial charge in [-0.15, -0.1) is 11.3 Å². The standard InChI is InChI=1S/C8H7NO3S2/c10-14(11,12)8-4-3-7(13-8)6-2-1-5-9-6/h1-5,9H,(H,10,11,12). The van der Waals surface area contributed by atoms with E-state index in [0.717, 1.165) is 21.9 Å². The number of nitrogens with one attached hydrogen (secondary N) is 1. The summed E-state index contributed by atoms with van der Waals surface area (Å²) < 4.78 is 30.3. The molecular weight excluding hydrogens is 222 g/mol. The smallest absolute Gasteiger partial charge is 0.304 e. The zero-order chi connectivity index (χ0) is 10.2. The number of aromatic nitrogens is 1. The van der Waals surface area contributed by atoms with E-state index >= 15 is 0 Å². The number of hydrogen-bond donors (Lipinski definition) is 2. The first-order valence-electron chi connectivity index (χ1n) is 3.78. The molecule has 0 aromatic carbocycles. The molecule has 0 spiro atoms. The van der Waals surface area contributed by atoms with Gasteiger partial charge in [0.2, 0.25) is 0 Å². The van der Waals surface area contributed by atoms with Crippen molar-refractivity contribution in [2.24, 2.45) is 0 Å². The topological polar surface area (TPSA) is 70.2 Å². The summed E-state index contributed by atoms with van der Waals surface area (Å²) in [5.41, 5.74) is 0.838. The third-order valence-electron chi connectivity index (χ3n) is 1.70. The van der Waals surface area contributed by atoms with Crippen molar-refractivity contribution >= 4 is 21.5 Å². The third kappa shape index (κ3) is 1.72. The maximum Gasteiger partial charge on any atom is 0.304 e. The van der Waals surface area contributed by atoms with Crippen molar-refractivity contribution in [3.63, 3.8) is 0 Å². The van der Waals surface area contributed by atoms with Crippen LogP contribution in [0.3, 0.4) is 0 Å². The Balaban J connectivity index is 2.46. The van der Waals surface area contributed by atoms with Crippen LogP contribution in [0.4, 0.5) is 0 Å². The fourth-order valence-corrected chi connectivity index (χ4v) is 2.74. The molecule has 2 rings (SSSR count). The molecule has 0 fully saturated rings. The predicted molar refractivity (Wildman–Crippen MR) is 53.9 cm³/mol. The van der Waals surface area contributed by atoms with E-state index in [0.29, 0.717) is 0 Å². The second kappa shape index (κ2) is 3.23. The Morgan fingerprint density at radius 1 is 1.29 bits per heavy atom. The van der Waals surface area contributed by atoms with Gasteiger partial charge < -0.3 is 4.98 Å². The van der Waals surface area contributed by atoms with E-state index < -0.39 is 10.1 Å². The number of hydrogen-bond acceptors (Lipinski definition) is 3. The summed E-state index contributed by atoms with van der Waals surface area (Å²) in [6.45, 7) is 0. The first kappa shape index (κ1) is 9.45. The van der Waals surface area contributed by atoms with Gasteiger partial charge >= 0.3 is 10.1 Å². The van der Waals surface area contributed by atoms with Gasteiger partial charge in [-0.25, -0.2) is 0 Å². The van der Waals surface area contributed by atoms with Crippen LogP contribution in [0.15, 0.2) is 34.7 Å². The highest BCUT2D eigenvalue weighted by molar-refractivity contribution is 7.88. The summed E-state index contributed by atoms with van der Waals surface area (Å²) in [5, 5.41) is 0. The minimum atomic E-state index is -4.07. The van der Waals surface area contributed by atoms with Gasteiger partial charge in [-0.3, -0.25) is 4.55 Å². The molecule has 6 heteroatoms. The van der Waals surface area contributed by atoms with Crippen molar-refractivity contribution in [1.82, 2.24) is 4.98 Å². The molecule has 0 aliphatic heterocycles. The number of H-pyrrole nitrogens is 1. The van der Waals surface area contributed by atoms with Gasteiger partial charge in [-0.2, -0.15) is 8.42 Å². The van der Waals surface area contributed by atoms with Gasteiger partial charge in [0, 0.05) is 6.20 Å². The van der Waals surface area contributed by atoms with E-state index in [4.69, 9.17) is 4.55 Å². The molecule has 0 saturated carbocycles. The molecular formula is C8H7NO3S2. The Bertz CT molecular complexity index is 525. The van der Waals surface area contributed by atoms with E-state index in [-0.39, 0.29) is 4.21 Å². The first-order valence-corrected chi connectivity index (χ1v) is 6.04. The number of rotatable bonds is 2. The lowest BCUT2D eigenvalue weighted by Crippen LogP contribution is -1.92. The number of thiophene rings is 1. The van der Waals surface area contributed by atoms with Crippen LogP contribution in [0.5, 0.6) is 0 Å². The summed E-state index contributed by atoms with van der Waals surface area (Å²) >= 11 is 1.03. The molecule has 4 nitrogen and oxygen atoms in total. The van der Waals surface area contributed by atoms with Crippen molar-refractivity contribution in [3.8, 4) is 10.6 Å². The molecule has 74 valence electrons. The Labute approximate surface area is 85.0 Å². The van der Waals surface area contributed by atoms with E-state index in [2.05, 4.69) is 4.98 Å². The van der Waals surface area contributed by atoms with Crippen LogP contribution in [0.25, 0.3) is 10.6 Å². The van der Waals surface area contributed by atoms with Crippen molar-refractivity contribution in [2.75, 3.05) is 0 Å². The molecule has 2 aromatic heterocycles. The quantitative estimate of drug-likeness (QED) is 0.774. The maximum absolute atomic E-state index is 10.8. The second-order valence-electron chi connectivity index (χ2n) is 2.68. The van der Waals surface area contributed by atoms with Gasteiger partial charge in [-0.05, 0) is 24.3 Å². The minimum absolute atomic E-state index is 0.0397. The van der Waals surface area contributed by atoms with Gasteiger partial charge in [0.15, 0.2) is 0 Å². The molecule has 0 unspecified atom stereocenters. The highest BCUT2D eigenvalue weighted by Crippen LogP contribution is 2.29. The summed E-state index contributed by atoms with van der Waals surface area (Å²) in [5.74, 6) is 0. The monoisotopic (exact) mass is 229 g/mol. The lowest BCUT2D eigenvalue weighted by atomic mass is 10.3. The van der Waals surface area contributed by atoms with Crippen LogP contribution in [-0.2, 0) is 10.1 Å². The maximum atomic E-state index is 10.8. The van der Waals surface area contributed by atoms with Crippen molar-refractivity contribution in [1.29, 1.82) is 0 Å². The Morgan fingerprint density at radius 3 is 2.57 bits per heavy atom. The molecule has 0 atom stereocenters. The minimum Gasteiger partial charge on any atom is -0.361 e. The van der Waals surface area contributed by atoms with Crippen LogP contribution in [-0.4, -0.2) is 18.0 Å². The third-order valence-corrected chi connectivity index (χ3v) is 4.14.